The monoisotopic (exact) mass is 371 g/mol. The molecule has 0 aliphatic carbocycles. The van der Waals surface area contributed by atoms with Crippen LogP contribution in [0.1, 0.15) is 24.3 Å². The number of likely N-dealkylation sites (tertiary alicyclic amines) is 1. The Bertz CT molecular complexity index is 767. The van der Waals surface area contributed by atoms with Gasteiger partial charge in [0.25, 0.3) is 5.91 Å². The highest BCUT2D eigenvalue weighted by Gasteiger charge is 2.29. The first-order chi connectivity index (χ1) is 13.0. The summed E-state index contributed by atoms with van der Waals surface area (Å²) in [6, 6.07) is 11.1. The Hall–Kier alpha value is -2.83. The van der Waals surface area contributed by atoms with Crippen molar-refractivity contribution >= 4 is 11.8 Å². The lowest BCUT2D eigenvalue weighted by Crippen LogP contribution is -2.44. The van der Waals surface area contributed by atoms with Crippen LogP contribution in [-0.2, 0) is 16.1 Å². The molecule has 1 saturated heterocycles. The van der Waals surface area contributed by atoms with E-state index in [0.29, 0.717) is 38.2 Å². The maximum absolute atomic E-state index is 12.6. The molecule has 3 rings (SSSR count). The van der Waals surface area contributed by atoms with Gasteiger partial charge < -0.3 is 19.1 Å². The first kappa shape index (κ1) is 18.9. The summed E-state index contributed by atoms with van der Waals surface area (Å²) < 4.78 is 10.6. The number of benzene rings is 1. The number of carbonyl (C=O) groups is 2. The Morgan fingerprint density at radius 1 is 1.26 bits per heavy atom. The number of hydrogen-bond acceptors (Lipinski definition) is 5. The fourth-order valence-corrected chi connectivity index (χ4v) is 3.25. The Kier molecular flexibility index (Phi) is 6.11. The molecule has 0 saturated carbocycles. The molecule has 0 bridgehead atoms. The smallest absolute Gasteiger partial charge is 0.260 e. The molecule has 1 aromatic carbocycles. The third-order valence-corrected chi connectivity index (χ3v) is 4.75. The number of para-hydroxylation sites is 1. The zero-order valence-corrected chi connectivity index (χ0v) is 15.8. The summed E-state index contributed by atoms with van der Waals surface area (Å²) in [6.45, 7) is 3.43. The van der Waals surface area contributed by atoms with E-state index in [2.05, 4.69) is 5.16 Å². The lowest BCUT2D eigenvalue weighted by atomic mass is 9.95. The molecule has 7 heteroatoms. The van der Waals surface area contributed by atoms with Crippen LogP contribution in [0.25, 0.3) is 0 Å². The van der Waals surface area contributed by atoms with Crippen molar-refractivity contribution < 1.29 is 18.8 Å². The number of amides is 2. The minimum atomic E-state index is -0.0675. The number of nitrogens with zero attached hydrogens (tertiary/aromatic N) is 3. The van der Waals surface area contributed by atoms with E-state index in [1.54, 1.807) is 16.8 Å². The summed E-state index contributed by atoms with van der Waals surface area (Å²) in [4.78, 5) is 28.4. The van der Waals surface area contributed by atoms with E-state index in [-0.39, 0.29) is 24.3 Å². The number of piperidine rings is 1. The van der Waals surface area contributed by atoms with Crippen LogP contribution in [0.2, 0.25) is 0 Å². The number of ether oxygens (including phenoxy) is 1. The van der Waals surface area contributed by atoms with Gasteiger partial charge in [0, 0.05) is 32.1 Å². The van der Waals surface area contributed by atoms with Crippen molar-refractivity contribution in [2.75, 3.05) is 26.7 Å². The SMILES string of the molecule is Cc1cc(CN(C)C(=O)C2CCN(C(=O)COc3ccccc3)CC2)no1. The quantitative estimate of drug-likeness (QED) is 0.779. The second kappa shape index (κ2) is 8.70. The van der Waals surface area contributed by atoms with E-state index in [4.69, 9.17) is 9.26 Å². The summed E-state index contributed by atoms with van der Waals surface area (Å²) in [5.74, 6) is 1.39. The molecule has 0 radical (unpaired) electrons. The molecule has 1 fully saturated rings. The lowest BCUT2D eigenvalue weighted by Gasteiger charge is -2.33. The van der Waals surface area contributed by atoms with Crippen LogP contribution in [0.4, 0.5) is 0 Å². The van der Waals surface area contributed by atoms with Crippen LogP contribution >= 0.6 is 0 Å². The van der Waals surface area contributed by atoms with Crippen LogP contribution < -0.4 is 4.74 Å². The van der Waals surface area contributed by atoms with Crippen LogP contribution in [0.3, 0.4) is 0 Å². The molecular formula is C20H25N3O4. The fraction of sp³-hybridized carbons (Fsp3) is 0.450. The summed E-state index contributed by atoms with van der Waals surface area (Å²) in [7, 11) is 1.78. The molecule has 0 spiro atoms. The molecule has 0 N–H and O–H groups in total. The molecule has 2 amide bonds. The van der Waals surface area contributed by atoms with Gasteiger partial charge in [-0.25, -0.2) is 0 Å². The third-order valence-electron chi connectivity index (χ3n) is 4.75. The zero-order valence-electron chi connectivity index (χ0n) is 15.8. The number of aromatic nitrogens is 1. The summed E-state index contributed by atoms with van der Waals surface area (Å²) in [5, 5.41) is 3.93. The first-order valence-electron chi connectivity index (χ1n) is 9.15. The summed E-state index contributed by atoms with van der Waals surface area (Å²) >= 11 is 0. The van der Waals surface area contributed by atoms with Crippen molar-refractivity contribution in [1.29, 1.82) is 0 Å². The minimum Gasteiger partial charge on any atom is -0.484 e. The second-order valence-corrected chi connectivity index (χ2v) is 6.88. The van der Waals surface area contributed by atoms with Crippen molar-refractivity contribution in [3.05, 3.63) is 47.9 Å². The second-order valence-electron chi connectivity index (χ2n) is 6.88. The van der Waals surface area contributed by atoms with Crippen LogP contribution in [0.5, 0.6) is 5.75 Å². The maximum Gasteiger partial charge on any atom is 0.260 e. The largest absolute Gasteiger partial charge is 0.484 e. The predicted octanol–water partition coefficient (Wildman–Crippen LogP) is 2.26. The molecule has 1 aliphatic heterocycles. The van der Waals surface area contributed by atoms with Gasteiger partial charge in [0.05, 0.1) is 6.54 Å². The van der Waals surface area contributed by atoms with Gasteiger partial charge in [-0.3, -0.25) is 9.59 Å². The van der Waals surface area contributed by atoms with Crippen molar-refractivity contribution in [2.45, 2.75) is 26.3 Å². The standard InChI is InChI=1S/C20H25N3O4/c1-15-12-17(21-27-15)13-22(2)20(25)16-8-10-23(11-9-16)19(24)14-26-18-6-4-3-5-7-18/h3-7,12,16H,8-11,13-14H2,1-2H3. The Balaban J connectivity index is 1.43. The highest BCUT2D eigenvalue weighted by Crippen LogP contribution is 2.20. The molecule has 1 aromatic heterocycles. The van der Waals surface area contributed by atoms with Crippen LogP contribution in [0.15, 0.2) is 40.9 Å². The van der Waals surface area contributed by atoms with Gasteiger partial charge in [-0.05, 0) is 31.9 Å². The lowest BCUT2D eigenvalue weighted by molar-refractivity contribution is -0.141. The highest BCUT2D eigenvalue weighted by molar-refractivity contribution is 5.80. The van der Waals surface area contributed by atoms with Gasteiger partial charge >= 0.3 is 0 Å². The Morgan fingerprint density at radius 3 is 2.59 bits per heavy atom. The molecule has 2 heterocycles. The average Bonchev–Trinajstić information content (AvgIpc) is 3.11. The molecular weight excluding hydrogens is 346 g/mol. The first-order valence-corrected chi connectivity index (χ1v) is 9.15. The van der Waals surface area contributed by atoms with Crippen molar-refractivity contribution in [3.8, 4) is 5.75 Å². The molecule has 7 nitrogen and oxygen atoms in total. The number of carbonyl (C=O) groups excluding carboxylic acids is 2. The van der Waals surface area contributed by atoms with Gasteiger partial charge in [-0.1, -0.05) is 23.4 Å². The van der Waals surface area contributed by atoms with Gasteiger partial charge in [0.1, 0.15) is 17.2 Å². The van der Waals surface area contributed by atoms with E-state index >= 15 is 0 Å². The highest BCUT2D eigenvalue weighted by atomic mass is 16.5. The zero-order chi connectivity index (χ0) is 19.2. The maximum atomic E-state index is 12.6. The third kappa shape index (κ3) is 5.09. The molecule has 0 atom stereocenters. The van der Waals surface area contributed by atoms with Crippen LogP contribution in [-0.4, -0.2) is 53.5 Å². The number of hydrogen-bond donors (Lipinski definition) is 0. The van der Waals surface area contributed by atoms with Gasteiger partial charge in [0.15, 0.2) is 6.61 Å². The fourth-order valence-electron chi connectivity index (χ4n) is 3.25. The van der Waals surface area contributed by atoms with E-state index in [0.717, 1.165) is 11.5 Å². The number of rotatable bonds is 6. The molecule has 1 aliphatic rings. The predicted molar refractivity (Wildman–Crippen MR) is 99.0 cm³/mol. The topological polar surface area (TPSA) is 75.9 Å². The molecule has 27 heavy (non-hydrogen) atoms. The minimum absolute atomic E-state index is 0.0219. The van der Waals surface area contributed by atoms with Crippen molar-refractivity contribution in [2.24, 2.45) is 5.92 Å². The van der Waals surface area contributed by atoms with E-state index in [1.807, 2.05) is 43.3 Å². The van der Waals surface area contributed by atoms with Crippen molar-refractivity contribution in [1.82, 2.24) is 15.0 Å². The summed E-state index contributed by atoms with van der Waals surface area (Å²) in [6.07, 6.45) is 1.33. The van der Waals surface area contributed by atoms with Gasteiger partial charge in [-0.2, -0.15) is 0 Å². The molecule has 0 unspecified atom stereocenters. The van der Waals surface area contributed by atoms with Gasteiger partial charge in [0.2, 0.25) is 5.91 Å². The van der Waals surface area contributed by atoms with Crippen LogP contribution in [0, 0.1) is 12.8 Å². The number of aryl methyl sites for hydroxylation is 1. The van der Waals surface area contributed by atoms with E-state index in [9.17, 15) is 9.59 Å². The Labute approximate surface area is 158 Å². The average molecular weight is 371 g/mol. The Morgan fingerprint density at radius 2 is 1.96 bits per heavy atom. The molecule has 2 aromatic rings. The van der Waals surface area contributed by atoms with Crippen molar-refractivity contribution in [3.63, 3.8) is 0 Å². The van der Waals surface area contributed by atoms with Gasteiger partial charge in [-0.15, -0.1) is 0 Å². The van der Waals surface area contributed by atoms with E-state index in [1.165, 1.54) is 0 Å². The molecule has 144 valence electrons. The van der Waals surface area contributed by atoms with E-state index < -0.39 is 0 Å². The normalized spacial score (nSPS) is 14.8. The summed E-state index contributed by atoms with van der Waals surface area (Å²) in [5.41, 5.74) is 0.744.